The highest BCUT2D eigenvalue weighted by atomic mass is 16.3. The molecule has 0 saturated carbocycles. The van der Waals surface area contributed by atoms with Gasteiger partial charge in [-0.25, -0.2) is 4.90 Å². The first kappa shape index (κ1) is 12.9. The molecular formula is C9H18N3O2+. The number of likely N-dealkylation sites (N-methyl/N-ethyl adjacent to an activating group) is 1. The van der Waals surface area contributed by atoms with Crippen molar-refractivity contribution in [1.29, 1.82) is 5.26 Å². The first-order chi connectivity index (χ1) is 6.43. The van der Waals surface area contributed by atoms with Crippen molar-refractivity contribution in [2.75, 3.05) is 40.3 Å². The van der Waals surface area contributed by atoms with Gasteiger partial charge < -0.3 is 9.59 Å². The maximum Gasteiger partial charge on any atom is 0.232 e. The molecule has 0 spiro atoms. The molecule has 0 aromatic heterocycles. The Morgan fingerprint density at radius 1 is 1.50 bits per heavy atom. The Morgan fingerprint density at radius 3 is 2.43 bits per heavy atom. The van der Waals surface area contributed by atoms with Gasteiger partial charge in [-0.2, -0.15) is 5.26 Å². The number of aliphatic hydroxyl groups excluding tert-OH is 1. The van der Waals surface area contributed by atoms with E-state index in [-0.39, 0.29) is 12.5 Å². The number of quaternary nitrogens is 1. The standard InChI is InChI=1S/C9H18N3O2/c1-9(14)11(8-10)4-5-12(2,3)6-7-13/h13H,4-7H2,1-3H3/q+1. The first-order valence-electron chi connectivity index (χ1n) is 4.53. The van der Waals surface area contributed by atoms with Gasteiger partial charge in [0.05, 0.1) is 33.8 Å². The van der Waals surface area contributed by atoms with Crippen molar-refractivity contribution in [3.63, 3.8) is 0 Å². The Morgan fingerprint density at radius 2 is 2.07 bits per heavy atom. The van der Waals surface area contributed by atoms with Crippen LogP contribution in [0.5, 0.6) is 0 Å². The summed E-state index contributed by atoms with van der Waals surface area (Å²) < 4.78 is 0.599. The van der Waals surface area contributed by atoms with Crippen molar-refractivity contribution in [2.45, 2.75) is 6.92 Å². The fraction of sp³-hybridized carbons (Fsp3) is 0.778. The second kappa shape index (κ2) is 5.58. The van der Waals surface area contributed by atoms with Gasteiger partial charge in [0.1, 0.15) is 6.54 Å². The number of carbonyl (C=O) groups excluding carboxylic acids is 1. The molecule has 0 unspecified atom stereocenters. The summed E-state index contributed by atoms with van der Waals surface area (Å²) in [6.45, 7) is 3.17. The zero-order valence-electron chi connectivity index (χ0n) is 9.03. The number of hydrogen-bond acceptors (Lipinski definition) is 3. The first-order valence-corrected chi connectivity index (χ1v) is 4.53. The Kier molecular flexibility index (Phi) is 5.13. The molecule has 0 atom stereocenters. The van der Waals surface area contributed by atoms with Crippen LogP contribution in [0.1, 0.15) is 6.92 Å². The molecule has 80 valence electrons. The van der Waals surface area contributed by atoms with Crippen LogP contribution in [0.3, 0.4) is 0 Å². The summed E-state index contributed by atoms with van der Waals surface area (Å²) >= 11 is 0. The van der Waals surface area contributed by atoms with Crippen molar-refractivity contribution < 1.29 is 14.4 Å². The fourth-order valence-corrected chi connectivity index (χ4v) is 1.03. The lowest BCUT2D eigenvalue weighted by molar-refractivity contribution is -0.889. The molecular weight excluding hydrogens is 182 g/mol. The SMILES string of the molecule is CC(=O)N(C#N)CC[N+](C)(C)CCO. The van der Waals surface area contributed by atoms with E-state index in [1.54, 1.807) is 0 Å². The molecule has 0 aromatic carbocycles. The maximum absolute atomic E-state index is 10.9. The van der Waals surface area contributed by atoms with E-state index in [1.807, 2.05) is 20.3 Å². The van der Waals surface area contributed by atoms with Crippen LogP contribution in [0.15, 0.2) is 0 Å². The van der Waals surface area contributed by atoms with Crippen molar-refractivity contribution in [3.05, 3.63) is 0 Å². The van der Waals surface area contributed by atoms with E-state index in [2.05, 4.69) is 0 Å². The molecule has 5 nitrogen and oxygen atoms in total. The molecule has 0 radical (unpaired) electrons. The fourth-order valence-electron chi connectivity index (χ4n) is 1.03. The molecule has 0 heterocycles. The number of hydrogen-bond donors (Lipinski definition) is 1. The smallest absolute Gasteiger partial charge is 0.232 e. The van der Waals surface area contributed by atoms with Gasteiger partial charge in [-0.3, -0.25) is 4.79 Å². The predicted molar refractivity (Wildman–Crippen MR) is 51.9 cm³/mol. The quantitative estimate of drug-likeness (QED) is 0.365. The molecule has 0 aliphatic heterocycles. The molecule has 14 heavy (non-hydrogen) atoms. The average Bonchev–Trinajstić information content (AvgIpc) is 2.04. The lowest BCUT2D eigenvalue weighted by Gasteiger charge is -2.29. The van der Waals surface area contributed by atoms with Crippen LogP contribution in [-0.2, 0) is 4.79 Å². The summed E-state index contributed by atoms with van der Waals surface area (Å²) in [5.74, 6) is -0.239. The lowest BCUT2D eigenvalue weighted by atomic mass is 10.4. The third-order valence-electron chi connectivity index (χ3n) is 2.14. The predicted octanol–water partition coefficient (Wildman–Crippen LogP) is -0.615. The van der Waals surface area contributed by atoms with Gasteiger partial charge in [0.15, 0.2) is 6.19 Å². The molecule has 0 aliphatic carbocycles. The Bertz CT molecular complexity index is 233. The molecule has 0 bridgehead atoms. The minimum Gasteiger partial charge on any atom is -0.391 e. The highest BCUT2D eigenvalue weighted by Crippen LogP contribution is 1.97. The van der Waals surface area contributed by atoms with Gasteiger partial charge in [-0.1, -0.05) is 0 Å². The van der Waals surface area contributed by atoms with Crippen molar-refractivity contribution in [3.8, 4) is 6.19 Å². The van der Waals surface area contributed by atoms with Crippen LogP contribution < -0.4 is 0 Å². The van der Waals surface area contributed by atoms with Crippen LogP contribution in [0.25, 0.3) is 0 Å². The zero-order chi connectivity index (χ0) is 11.2. The van der Waals surface area contributed by atoms with E-state index in [9.17, 15) is 4.79 Å². The summed E-state index contributed by atoms with van der Waals surface area (Å²) in [5.41, 5.74) is 0. The van der Waals surface area contributed by atoms with Crippen LogP contribution in [0, 0.1) is 11.5 Å². The lowest BCUT2D eigenvalue weighted by Crippen LogP contribution is -2.47. The van der Waals surface area contributed by atoms with Crippen LogP contribution >= 0.6 is 0 Å². The van der Waals surface area contributed by atoms with E-state index in [0.717, 1.165) is 4.90 Å². The van der Waals surface area contributed by atoms with Crippen LogP contribution in [0.2, 0.25) is 0 Å². The van der Waals surface area contributed by atoms with Crippen molar-refractivity contribution >= 4 is 5.91 Å². The topological polar surface area (TPSA) is 64.3 Å². The molecule has 0 saturated heterocycles. The van der Waals surface area contributed by atoms with Gasteiger partial charge in [0.25, 0.3) is 0 Å². The van der Waals surface area contributed by atoms with Crippen LogP contribution in [-0.4, -0.2) is 60.7 Å². The second-order valence-corrected chi connectivity index (χ2v) is 3.88. The van der Waals surface area contributed by atoms with E-state index in [1.165, 1.54) is 6.92 Å². The molecule has 0 aliphatic rings. The Labute approximate surface area is 84.7 Å². The highest BCUT2D eigenvalue weighted by Gasteiger charge is 2.17. The van der Waals surface area contributed by atoms with Gasteiger partial charge in [0, 0.05) is 6.92 Å². The Balaban J connectivity index is 4.03. The molecule has 1 N–H and O–H groups in total. The van der Waals surface area contributed by atoms with E-state index < -0.39 is 0 Å². The van der Waals surface area contributed by atoms with Gasteiger partial charge >= 0.3 is 0 Å². The molecule has 0 fully saturated rings. The van der Waals surface area contributed by atoms with Crippen molar-refractivity contribution in [1.82, 2.24) is 4.90 Å². The molecule has 0 rings (SSSR count). The third kappa shape index (κ3) is 4.80. The summed E-state index contributed by atoms with van der Waals surface area (Å²) in [6, 6.07) is 0. The van der Waals surface area contributed by atoms with Gasteiger partial charge in [0.2, 0.25) is 5.91 Å². The van der Waals surface area contributed by atoms with E-state index in [0.29, 0.717) is 24.1 Å². The summed E-state index contributed by atoms with van der Waals surface area (Å²) in [6.07, 6.45) is 1.83. The minimum atomic E-state index is -0.239. The zero-order valence-corrected chi connectivity index (χ0v) is 9.03. The average molecular weight is 200 g/mol. The highest BCUT2D eigenvalue weighted by molar-refractivity contribution is 5.74. The number of carbonyl (C=O) groups is 1. The van der Waals surface area contributed by atoms with E-state index >= 15 is 0 Å². The summed E-state index contributed by atoms with van der Waals surface area (Å²) in [7, 11) is 3.90. The number of nitriles is 1. The van der Waals surface area contributed by atoms with Gasteiger partial charge in [-0.05, 0) is 0 Å². The van der Waals surface area contributed by atoms with Crippen LogP contribution in [0.4, 0.5) is 0 Å². The second-order valence-electron chi connectivity index (χ2n) is 3.88. The number of aliphatic hydroxyl groups is 1. The Hall–Kier alpha value is -1.12. The third-order valence-corrected chi connectivity index (χ3v) is 2.14. The molecule has 0 aromatic rings. The molecule has 1 amide bonds. The summed E-state index contributed by atoms with van der Waals surface area (Å²) in [4.78, 5) is 12.0. The van der Waals surface area contributed by atoms with E-state index in [4.69, 9.17) is 10.4 Å². The maximum atomic E-state index is 10.9. The summed E-state index contributed by atoms with van der Waals surface area (Å²) in [5, 5.41) is 17.4. The number of amides is 1. The minimum absolute atomic E-state index is 0.111. The van der Waals surface area contributed by atoms with Gasteiger partial charge in [-0.15, -0.1) is 0 Å². The monoisotopic (exact) mass is 200 g/mol. The normalized spacial score (nSPS) is 10.8. The number of nitrogens with zero attached hydrogens (tertiary/aromatic N) is 3. The molecule has 5 heteroatoms. The van der Waals surface area contributed by atoms with Crippen molar-refractivity contribution in [2.24, 2.45) is 0 Å². The largest absolute Gasteiger partial charge is 0.391 e. The number of rotatable bonds is 5.